The Bertz CT molecular complexity index is 539. The molecule has 0 spiro atoms. The molecule has 1 heterocycles. The van der Waals surface area contributed by atoms with Crippen molar-refractivity contribution in [3.8, 4) is 0 Å². The predicted octanol–water partition coefficient (Wildman–Crippen LogP) is 3.42. The highest BCUT2D eigenvalue weighted by Crippen LogP contribution is 2.25. The van der Waals surface area contributed by atoms with Crippen LogP contribution in [0.2, 0.25) is 0 Å². The number of rotatable bonds is 6. The van der Waals surface area contributed by atoms with Gasteiger partial charge in [-0.3, -0.25) is 4.79 Å². The summed E-state index contributed by atoms with van der Waals surface area (Å²) in [6.45, 7) is 7.94. The Morgan fingerprint density at radius 3 is 2.68 bits per heavy atom. The first-order valence-corrected chi connectivity index (χ1v) is 7.69. The summed E-state index contributed by atoms with van der Waals surface area (Å²) in [4.78, 5) is 26.1. The number of nitrogens with zero attached hydrogens (tertiary/aromatic N) is 1. The third-order valence-electron chi connectivity index (χ3n) is 4.06. The summed E-state index contributed by atoms with van der Waals surface area (Å²) in [5, 5.41) is 0. The molecule has 1 aliphatic rings. The van der Waals surface area contributed by atoms with Crippen molar-refractivity contribution < 1.29 is 14.3 Å². The average molecular weight is 301 g/mol. The fourth-order valence-corrected chi connectivity index (χ4v) is 2.78. The van der Waals surface area contributed by atoms with Gasteiger partial charge in [0.25, 0.3) is 0 Å². The van der Waals surface area contributed by atoms with E-state index in [9.17, 15) is 9.59 Å². The van der Waals surface area contributed by atoms with Crippen LogP contribution >= 0.6 is 0 Å². The number of hydrogen-bond acceptors (Lipinski definition) is 3. The van der Waals surface area contributed by atoms with E-state index in [1.165, 1.54) is 4.90 Å². The number of benzene rings is 1. The number of allylic oxidation sites excluding steroid dienone is 1. The third-order valence-corrected chi connectivity index (χ3v) is 4.06. The second-order valence-corrected chi connectivity index (χ2v) is 6.00. The lowest BCUT2D eigenvalue weighted by molar-refractivity contribution is -0.134. The Labute approximate surface area is 131 Å². The zero-order chi connectivity index (χ0) is 16.1. The molecular formula is C18H23NO3. The summed E-state index contributed by atoms with van der Waals surface area (Å²) in [6.07, 6.45) is 2.40. The fourth-order valence-electron chi connectivity index (χ4n) is 2.78. The molecule has 0 aliphatic carbocycles. The first-order valence-electron chi connectivity index (χ1n) is 7.69. The van der Waals surface area contributed by atoms with Gasteiger partial charge in [0.1, 0.15) is 6.61 Å². The molecule has 0 bridgehead atoms. The lowest BCUT2D eigenvalue weighted by atomic mass is 9.90. The van der Waals surface area contributed by atoms with Gasteiger partial charge in [-0.1, -0.05) is 50.3 Å². The largest absolute Gasteiger partial charge is 0.447 e. The summed E-state index contributed by atoms with van der Waals surface area (Å²) < 4.78 is 5.12. The highest BCUT2D eigenvalue weighted by atomic mass is 16.6. The van der Waals surface area contributed by atoms with Crippen molar-refractivity contribution in [3.05, 3.63) is 48.6 Å². The Hall–Kier alpha value is -2.10. The van der Waals surface area contributed by atoms with Crippen molar-refractivity contribution in [2.24, 2.45) is 11.8 Å². The van der Waals surface area contributed by atoms with Gasteiger partial charge in [0.15, 0.2) is 0 Å². The van der Waals surface area contributed by atoms with E-state index in [2.05, 4.69) is 6.58 Å². The average Bonchev–Trinajstić information content (AvgIpc) is 2.85. The highest BCUT2D eigenvalue weighted by Gasteiger charge is 2.41. The van der Waals surface area contributed by atoms with Crippen LogP contribution in [0.15, 0.2) is 43.0 Å². The van der Waals surface area contributed by atoms with Gasteiger partial charge in [0.2, 0.25) is 5.91 Å². The molecule has 0 saturated carbocycles. The molecule has 22 heavy (non-hydrogen) atoms. The van der Waals surface area contributed by atoms with Crippen LogP contribution in [0.1, 0.15) is 25.8 Å². The molecule has 0 aromatic heterocycles. The lowest BCUT2D eigenvalue weighted by Crippen LogP contribution is -2.44. The van der Waals surface area contributed by atoms with Gasteiger partial charge in [-0.15, -0.1) is 6.58 Å². The molecule has 0 radical (unpaired) electrons. The Kier molecular flexibility index (Phi) is 5.36. The van der Waals surface area contributed by atoms with E-state index < -0.39 is 6.09 Å². The quantitative estimate of drug-likeness (QED) is 0.756. The maximum atomic E-state index is 12.8. The van der Waals surface area contributed by atoms with Gasteiger partial charge in [0, 0.05) is 5.92 Å². The van der Waals surface area contributed by atoms with E-state index >= 15 is 0 Å². The molecule has 118 valence electrons. The van der Waals surface area contributed by atoms with Crippen LogP contribution in [0.5, 0.6) is 0 Å². The Morgan fingerprint density at radius 2 is 2.09 bits per heavy atom. The minimum Gasteiger partial charge on any atom is -0.447 e. The van der Waals surface area contributed by atoms with Crippen LogP contribution in [0.25, 0.3) is 0 Å². The fraction of sp³-hybridized carbons (Fsp3) is 0.444. The van der Waals surface area contributed by atoms with E-state index in [-0.39, 0.29) is 30.4 Å². The number of imide groups is 1. The van der Waals surface area contributed by atoms with Crippen LogP contribution < -0.4 is 0 Å². The molecule has 2 amide bonds. The van der Waals surface area contributed by atoms with E-state index in [0.29, 0.717) is 12.8 Å². The number of ether oxygens (including phenoxy) is 1. The summed E-state index contributed by atoms with van der Waals surface area (Å²) in [7, 11) is 0. The standard InChI is InChI=1S/C18H23NO3/c1-4-8-16(13(2)3)17(20)19-15(12-22-18(19)21)11-14-9-6-5-7-10-14/h4-7,9-10,13,15-16H,1,8,11-12H2,2-3H3/t15-,16-/m0/s1. The van der Waals surface area contributed by atoms with Gasteiger partial charge < -0.3 is 4.74 Å². The van der Waals surface area contributed by atoms with Gasteiger partial charge >= 0.3 is 6.09 Å². The first kappa shape index (κ1) is 16.3. The molecule has 1 aromatic carbocycles. The van der Waals surface area contributed by atoms with Crippen molar-refractivity contribution in [2.45, 2.75) is 32.7 Å². The number of carbonyl (C=O) groups excluding carboxylic acids is 2. The molecule has 1 fully saturated rings. The van der Waals surface area contributed by atoms with Crippen LogP contribution in [0.3, 0.4) is 0 Å². The molecule has 1 aliphatic heterocycles. The summed E-state index contributed by atoms with van der Waals surface area (Å²) in [5.41, 5.74) is 1.09. The monoisotopic (exact) mass is 301 g/mol. The van der Waals surface area contributed by atoms with Crippen LogP contribution in [-0.4, -0.2) is 29.5 Å². The van der Waals surface area contributed by atoms with Gasteiger partial charge in [-0.25, -0.2) is 9.69 Å². The second kappa shape index (κ2) is 7.25. The Balaban J connectivity index is 2.16. The van der Waals surface area contributed by atoms with Crippen molar-refractivity contribution >= 4 is 12.0 Å². The molecule has 2 atom stereocenters. The zero-order valence-electron chi connectivity index (χ0n) is 13.2. The molecule has 1 saturated heterocycles. The van der Waals surface area contributed by atoms with E-state index in [4.69, 9.17) is 4.74 Å². The minimum absolute atomic E-state index is 0.149. The molecule has 4 heteroatoms. The SMILES string of the molecule is C=CC[C@H](C(=O)N1C(=O)OC[C@@H]1Cc1ccccc1)C(C)C. The molecule has 4 nitrogen and oxygen atoms in total. The summed E-state index contributed by atoms with van der Waals surface area (Å²) in [5.74, 6) is -0.240. The number of cyclic esters (lactones) is 1. The van der Waals surface area contributed by atoms with Crippen molar-refractivity contribution in [1.29, 1.82) is 0 Å². The van der Waals surface area contributed by atoms with Crippen LogP contribution in [0.4, 0.5) is 4.79 Å². The van der Waals surface area contributed by atoms with Crippen LogP contribution in [0, 0.1) is 11.8 Å². The topological polar surface area (TPSA) is 46.6 Å². The van der Waals surface area contributed by atoms with E-state index in [1.807, 2.05) is 44.2 Å². The maximum absolute atomic E-state index is 12.8. The number of carbonyl (C=O) groups is 2. The first-order chi connectivity index (χ1) is 10.5. The van der Waals surface area contributed by atoms with Gasteiger partial charge in [-0.05, 0) is 24.3 Å². The third kappa shape index (κ3) is 3.56. The van der Waals surface area contributed by atoms with Crippen molar-refractivity contribution in [3.63, 3.8) is 0 Å². The second-order valence-electron chi connectivity index (χ2n) is 6.00. The summed E-state index contributed by atoms with van der Waals surface area (Å²) in [6, 6.07) is 9.61. The number of hydrogen-bond donors (Lipinski definition) is 0. The molecule has 0 N–H and O–H groups in total. The van der Waals surface area contributed by atoms with Gasteiger partial charge in [0.05, 0.1) is 6.04 Å². The van der Waals surface area contributed by atoms with Crippen molar-refractivity contribution in [1.82, 2.24) is 4.90 Å². The summed E-state index contributed by atoms with van der Waals surface area (Å²) >= 11 is 0. The number of amides is 2. The normalized spacial score (nSPS) is 19.1. The van der Waals surface area contributed by atoms with E-state index in [0.717, 1.165) is 5.56 Å². The van der Waals surface area contributed by atoms with Crippen LogP contribution in [-0.2, 0) is 16.0 Å². The molecule has 2 rings (SSSR count). The van der Waals surface area contributed by atoms with E-state index in [1.54, 1.807) is 6.08 Å². The minimum atomic E-state index is -0.527. The van der Waals surface area contributed by atoms with Crippen molar-refractivity contribution in [2.75, 3.05) is 6.61 Å². The smallest absolute Gasteiger partial charge is 0.416 e. The molecular weight excluding hydrogens is 278 g/mol. The highest BCUT2D eigenvalue weighted by molar-refractivity contribution is 5.95. The van der Waals surface area contributed by atoms with Gasteiger partial charge in [-0.2, -0.15) is 0 Å². The molecule has 1 aromatic rings. The maximum Gasteiger partial charge on any atom is 0.416 e. The molecule has 0 unspecified atom stereocenters. The zero-order valence-corrected chi connectivity index (χ0v) is 13.2. The predicted molar refractivity (Wildman–Crippen MR) is 85.3 cm³/mol. The Morgan fingerprint density at radius 1 is 1.41 bits per heavy atom. The lowest BCUT2D eigenvalue weighted by Gasteiger charge is -2.26.